The van der Waals surface area contributed by atoms with E-state index in [0.29, 0.717) is 17.4 Å². The molecule has 0 aromatic rings. The van der Waals surface area contributed by atoms with Gasteiger partial charge in [0.05, 0.1) is 39.9 Å². The molecule has 0 aliphatic heterocycles. The van der Waals surface area contributed by atoms with Gasteiger partial charge in [-0.15, -0.1) is 0 Å². The largest absolute Gasteiger partial charge is 0.756 e. The van der Waals surface area contributed by atoms with E-state index in [2.05, 4.69) is 104 Å². The molecular formula is C51H89N2O6P. The summed E-state index contributed by atoms with van der Waals surface area (Å²) < 4.78 is 23.1. The summed E-state index contributed by atoms with van der Waals surface area (Å²) in [6.07, 6.45) is 59.1. The van der Waals surface area contributed by atoms with Gasteiger partial charge in [0, 0.05) is 6.42 Å². The van der Waals surface area contributed by atoms with Crippen molar-refractivity contribution < 1.29 is 32.9 Å². The van der Waals surface area contributed by atoms with E-state index in [4.69, 9.17) is 9.05 Å². The number of hydrogen-bond donors (Lipinski definition) is 2. The Balaban J connectivity index is 4.18. The van der Waals surface area contributed by atoms with E-state index in [1.165, 1.54) is 64.2 Å². The maximum Gasteiger partial charge on any atom is 0.268 e. The molecule has 1 amide bonds. The van der Waals surface area contributed by atoms with Crippen LogP contribution in [-0.2, 0) is 18.4 Å². The Labute approximate surface area is 369 Å². The first kappa shape index (κ1) is 57.4. The zero-order valence-corrected chi connectivity index (χ0v) is 39.8. The number of quaternary nitrogens is 1. The summed E-state index contributed by atoms with van der Waals surface area (Å²) in [5.74, 6) is -0.221. The van der Waals surface area contributed by atoms with Crippen molar-refractivity contribution in [3.05, 3.63) is 97.2 Å². The second-order valence-electron chi connectivity index (χ2n) is 16.7. The zero-order valence-electron chi connectivity index (χ0n) is 38.9. The van der Waals surface area contributed by atoms with Crippen molar-refractivity contribution in [1.29, 1.82) is 0 Å². The maximum atomic E-state index is 12.8. The molecule has 8 nitrogen and oxygen atoms in total. The van der Waals surface area contributed by atoms with Crippen molar-refractivity contribution in [2.75, 3.05) is 40.9 Å². The van der Waals surface area contributed by atoms with Crippen molar-refractivity contribution in [2.24, 2.45) is 0 Å². The highest BCUT2D eigenvalue weighted by Gasteiger charge is 2.23. The number of phosphoric ester groups is 1. The van der Waals surface area contributed by atoms with Gasteiger partial charge in [0.1, 0.15) is 13.2 Å². The molecule has 60 heavy (non-hydrogen) atoms. The van der Waals surface area contributed by atoms with Crippen LogP contribution in [0.5, 0.6) is 0 Å². The van der Waals surface area contributed by atoms with Crippen LogP contribution in [0, 0.1) is 0 Å². The van der Waals surface area contributed by atoms with Crippen LogP contribution in [0.3, 0.4) is 0 Å². The van der Waals surface area contributed by atoms with Crippen LogP contribution in [0.4, 0.5) is 0 Å². The summed E-state index contributed by atoms with van der Waals surface area (Å²) in [4.78, 5) is 25.3. The fourth-order valence-electron chi connectivity index (χ4n) is 6.05. The highest BCUT2D eigenvalue weighted by atomic mass is 31.2. The van der Waals surface area contributed by atoms with Crippen LogP contribution in [0.1, 0.15) is 168 Å². The van der Waals surface area contributed by atoms with Gasteiger partial charge >= 0.3 is 0 Å². The predicted octanol–water partition coefficient (Wildman–Crippen LogP) is 12.9. The number of likely N-dealkylation sites (N-methyl/N-ethyl adjacent to an activating group) is 1. The monoisotopic (exact) mass is 857 g/mol. The molecule has 3 unspecified atom stereocenters. The molecule has 9 heteroatoms. The topological polar surface area (TPSA) is 108 Å². The lowest BCUT2D eigenvalue weighted by Gasteiger charge is -2.29. The first-order valence-electron chi connectivity index (χ1n) is 23.6. The third-order valence-corrected chi connectivity index (χ3v) is 10.7. The molecule has 0 rings (SSSR count). The summed E-state index contributed by atoms with van der Waals surface area (Å²) in [6.45, 7) is 4.42. The molecule has 3 atom stereocenters. The van der Waals surface area contributed by atoms with Gasteiger partial charge in [0.15, 0.2) is 0 Å². The van der Waals surface area contributed by atoms with Gasteiger partial charge in [-0.25, -0.2) is 0 Å². The van der Waals surface area contributed by atoms with E-state index >= 15 is 0 Å². The molecule has 0 heterocycles. The smallest absolute Gasteiger partial charge is 0.268 e. The number of hydrogen-bond acceptors (Lipinski definition) is 6. The number of nitrogens with zero attached hydrogens (tertiary/aromatic N) is 1. The molecule has 0 aliphatic rings. The number of carbonyl (C=O) groups is 1. The number of unbranched alkanes of at least 4 members (excludes halogenated alkanes) is 14. The summed E-state index contributed by atoms with van der Waals surface area (Å²) >= 11 is 0. The zero-order chi connectivity index (χ0) is 44.3. The Morgan fingerprint density at radius 1 is 0.600 bits per heavy atom. The van der Waals surface area contributed by atoms with Crippen molar-refractivity contribution in [3.8, 4) is 0 Å². The number of nitrogens with one attached hydrogen (secondary N) is 1. The van der Waals surface area contributed by atoms with Gasteiger partial charge in [0.25, 0.3) is 7.82 Å². The highest BCUT2D eigenvalue weighted by Crippen LogP contribution is 2.38. The molecule has 2 N–H and O–H groups in total. The Hall–Kier alpha value is -2.58. The number of phosphoric acid groups is 1. The fraction of sp³-hybridized carbons (Fsp3) is 0.667. The Bertz CT molecular complexity index is 1290. The van der Waals surface area contributed by atoms with Crippen molar-refractivity contribution in [3.63, 3.8) is 0 Å². The number of amides is 1. The lowest BCUT2D eigenvalue weighted by atomic mass is 10.0. The number of rotatable bonds is 41. The molecule has 0 radical (unpaired) electrons. The van der Waals surface area contributed by atoms with Gasteiger partial charge in [-0.1, -0.05) is 175 Å². The summed E-state index contributed by atoms with van der Waals surface area (Å²) in [6, 6.07) is -0.909. The molecular weight excluding hydrogens is 768 g/mol. The van der Waals surface area contributed by atoms with E-state index in [-0.39, 0.29) is 12.5 Å². The normalized spacial score (nSPS) is 15.1. The number of aliphatic hydroxyl groups is 1. The van der Waals surface area contributed by atoms with Crippen LogP contribution >= 0.6 is 7.82 Å². The second kappa shape index (κ2) is 41.8. The molecule has 0 fully saturated rings. The van der Waals surface area contributed by atoms with Crippen molar-refractivity contribution >= 4 is 13.7 Å². The SMILES string of the molecule is CC/C=C\C/C=C\C/C=C\C/C=C\C/C=C\C/C=C\CCCCCCCCCCCCC(=O)NC(COP(=O)([O-])OCC[N+](C)(C)C)C(O)/C=C/CC/C=C/CCCCC. The Morgan fingerprint density at radius 2 is 1.03 bits per heavy atom. The van der Waals surface area contributed by atoms with E-state index in [9.17, 15) is 19.4 Å². The Morgan fingerprint density at radius 3 is 1.55 bits per heavy atom. The molecule has 0 bridgehead atoms. The van der Waals surface area contributed by atoms with Gasteiger partial charge in [-0.05, 0) is 83.5 Å². The molecule has 0 spiro atoms. The Kier molecular flexibility index (Phi) is 40.0. The van der Waals surface area contributed by atoms with Gasteiger partial charge in [-0.2, -0.15) is 0 Å². The van der Waals surface area contributed by atoms with E-state index in [1.807, 2.05) is 27.2 Å². The molecule has 344 valence electrons. The van der Waals surface area contributed by atoms with Gasteiger partial charge < -0.3 is 28.8 Å². The lowest BCUT2D eigenvalue weighted by molar-refractivity contribution is -0.870. The quantitative estimate of drug-likeness (QED) is 0.0274. The van der Waals surface area contributed by atoms with Crippen LogP contribution in [0.2, 0.25) is 0 Å². The summed E-state index contributed by atoms with van der Waals surface area (Å²) in [5.41, 5.74) is 0. The molecule has 0 saturated carbocycles. The van der Waals surface area contributed by atoms with Gasteiger partial charge in [-0.3, -0.25) is 9.36 Å². The summed E-state index contributed by atoms with van der Waals surface area (Å²) in [5, 5.41) is 13.7. The minimum atomic E-state index is -4.60. The van der Waals surface area contributed by atoms with E-state index in [1.54, 1.807) is 6.08 Å². The minimum Gasteiger partial charge on any atom is -0.756 e. The van der Waals surface area contributed by atoms with Crippen molar-refractivity contribution in [2.45, 2.75) is 180 Å². The van der Waals surface area contributed by atoms with E-state index in [0.717, 1.165) is 83.5 Å². The third kappa shape index (κ3) is 43.5. The number of allylic oxidation sites excluding steroid dienone is 15. The minimum absolute atomic E-state index is 0.0124. The number of carbonyl (C=O) groups excluding carboxylic acids is 1. The predicted molar refractivity (Wildman–Crippen MR) is 256 cm³/mol. The van der Waals surface area contributed by atoms with Gasteiger partial charge in [0.2, 0.25) is 5.91 Å². The molecule has 0 aromatic carbocycles. The average molecular weight is 857 g/mol. The second-order valence-corrected chi connectivity index (χ2v) is 18.1. The first-order chi connectivity index (χ1) is 29.0. The highest BCUT2D eigenvalue weighted by molar-refractivity contribution is 7.45. The lowest BCUT2D eigenvalue weighted by Crippen LogP contribution is -2.45. The first-order valence-corrected chi connectivity index (χ1v) is 25.1. The fourth-order valence-corrected chi connectivity index (χ4v) is 6.77. The average Bonchev–Trinajstić information content (AvgIpc) is 3.20. The summed E-state index contributed by atoms with van der Waals surface area (Å²) in [7, 11) is 1.22. The third-order valence-electron chi connectivity index (χ3n) is 9.78. The van der Waals surface area contributed by atoms with Crippen LogP contribution in [0.25, 0.3) is 0 Å². The molecule has 0 saturated heterocycles. The standard InChI is InChI=1S/C51H89N2O6P/c1-6-8-10-12-14-16-17-18-19-20-21-22-23-24-25-26-27-28-29-30-31-32-33-34-35-37-39-41-43-45-51(55)52-49(48-59-60(56,57)58-47-46-53(3,4)5)50(54)44-42-40-38-36-15-13-11-9-7-2/h8,10,14-16,18-19,21-22,24-25,27-28,36,42,44,49-50,54H,6-7,9,11-13,17,20,23,26,29-35,37-41,43,45-48H2,1-5H3,(H-,52,55,56,57)/b10-8-,16-14-,19-18-,22-21-,25-24-,28-27-,36-15+,44-42+. The van der Waals surface area contributed by atoms with Crippen LogP contribution < -0.4 is 10.2 Å². The maximum absolute atomic E-state index is 12.8. The van der Waals surface area contributed by atoms with E-state index < -0.39 is 26.6 Å². The molecule has 0 aliphatic carbocycles. The molecule has 0 aromatic heterocycles. The number of aliphatic hydroxyl groups excluding tert-OH is 1. The van der Waals surface area contributed by atoms with Crippen molar-refractivity contribution in [1.82, 2.24) is 5.32 Å². The van der Waals surface area contributed by atoms with Crippen LogP contribution in [0.15, 0.2) is 97.2 Å². The van der Waals surface area contributed by atoms with Crippen LogP contribution in [-0.4, -0.2) is 68.5 Å².